The fraction of sp³-hybridized carbons (Fsp3) is 0.500. The van der Waals surface area contributed by atoms with Crippen LogP contribution in [-0.4, -0.2) is 28.7 Å². The summed E-state index contributed by atoms with van der Waals surface area (Å²) in [5, 5.41) is 18.7. The molecular weight excluding hydrogens is 232 g/mol. The fourth-order valence-electron chi connectivity index (χ4n) is 2.32. The molecule has 1 aromatic rings. The van der Waals surface area contributed by atoms with E-state index in [1.807, 2.05) is 0 Å². The van der Waals surface area contributed by atoms with E-state index in [0.29, 0.717) is 41.7 Å². The summed E-state index contributed by atoms with van der Waals surface area (Å²) in [6.45, 7) is 3.62. The lowest BCUT2D eigenvalue weighted by atomic mass is 9.94. The monoisotopic (exact) mass is 250 g/mol. The zero-order chi connectivity index (χ0) is 13.3. The maximum atomic E-state index is 12.1. The van der Waals surface area contributed by atoms with Crippen molar-refractivity contribution in [2.24, 2.45) is 0 Å². The van der Waals surface area contributed by atoms with Gasteiger partial charge in [-0.05, 0) is 38.3 Å². The van der Waals surface area contributed by atoms with Crippen molar-refractivity contribution in [2.45, 2.75) is 39.2 Å². The summed E-state index contributed by atoms with van der Waals surface area (Å²) in [4.78, 5) is 12.1. The average Bonchev–Trinajstić information content (AvgIpc) is 2.35. The largest absolute Gasteiger partial charge is 0.507 e. The first-order valence-electron chi connectivity index (χ1n) is 6.18. The zero-order valence-corrected chi connectivity index (χ0v) is 10.7. The third kappa shape index (κ3) is 2.20. The van der Waals surface area contributed by atoms with E-state index < -0.39 is 0 Å². The predicted molar refractivity (Wildman–Crippen MR) is 67.3 cm³/mol. The number of ether oxygens (including phenoxy) is 1. The Morgan fingerprint density at radius 1 is 1.44 bits per heavy atom. The van der Waals surface area contributed by atoms with Crippen LogP contribution in [0.3, 0.4) is 0 Å². The minimum atomic E-state index is -0.196. The predicted octanol–water partition coefficient (Wildman–Crippen LogP) is 2.12. The molecule has 0 spiro atoms. The maximum Gasteiger partial charge on any atom is 0.170 e. The lowest BCUT2D eigenvalue weighted by molar-refractivity contribution is 0.0823. The molecule has 1 heterocycles. The number of ketones is 1. The van der Waals surface area contributed by atoms with Crippen LogP contribution in [0.1, 0.15) is 40.7 Å². The molecule has 1 aliphatic rings. The molecule has 0 fully saturated rings. The van der Waals surface area contributed by atoms with E-state index in [-0.39, 0.29) is 24.2 Å². The van der Waals surface area contributed by atoms with Crippen LogP contribution in [0.2, 0.25) is 0 Å². The second-order valence-corrected chi connectivity index (χ2v) is 4.78. The number of phenols is 1. The Morgan fingerprint density at radius 3 is 2.83 bits per heavy atom. The summed E-state index contributed by atoms with van der Waals surface area (Å²) in [6, 6.07) is 1.68. The minimum Gasteiger partial charge on any atom is -0.507 e. The Labute approximate surface area is 106 Å². The van der Waals surface area contributed by atoms with Gasteiger partial charge in [-0.25, -0.2) is 0 Å². The molecule has 0 saturated carbocycles. The van der Waals surface area contributed by atoms with Crippen molar-refractivity contribution in [3.63, 3.8) is 0 Å². The number of aliphatic hydroxyl groups is 1. The van der Waals surface area contributed by atoms with Crippen LogP contribution in [-0.2, 0) is 0 Å². The number of aryl methyl sites for hydroxylation is 1. The Kier molecular flexibility index (Phi) is 3.57. The molecule has 4 heteroatoms. The Morgan fingerprint density at radius 2 is 2.17 bits per heavy atom. The molecule has 98 valence electrons. The smallest absolute Gasteiger partial charge is 0.170 e. The molecule has 1 atom stereocenters. The molecule has 0 bridgehead atoms. The van der Waals surface area contributed by atoms with E-state index in [1.54, 1.807) is 19.9 Å². The van der Waals surface area contributed by atoms with Crippen LogP contribution in [0, 0.1) is 13.8 Å². The Balaban J connectivity index is 2.34. The van der Waals surface area contributed by atoms with Crippen LogP contribution in [0.25, 0.3) is 0 Å². The van der Waals surface area contributed by atoms with E-state index in [9.17, 15) is 9.90 Å². The van der Waals surface area contributed by atoms with Gasteiger partial charge >= 0.3 is 0 Å². The molecule has 0 radical (unpaired) electrons. The van der Waals surface area contributed by atoms with Crippen LogP contribution in [0.4, 0.5) is 0 Å². The number of aliphatic hydroxyl groups excluding tert-OH is 1. The van der Waals surface area contributed by atoms with Crippen LogP contribution >= 0.6 is 0 Å². The molecule has 2 rings (SSSR count). The summed E-state index contributed by atoms with van der Waals surface area (Å²) >= 11 is 0. The minimum absolute atomic E-state index is 0.0467. The number of phenolic OH excluding ortho intramolecular Hbond substituents is 1. The second-order valence-electron chi connectivity index (χ2n) is 4.78. The highest BCUT2D eigenvalue weighted by molar-refractivity contribution is 6.01. The normalized spacial score (nSPS) is 18.4. The van der Waals surface area contributed by atoms with Crippen LogP contribution in [0.15, 0.2) is 6.07 Å². The van der Waals surface area contributed by atoms with E-state index in [4.69, 9.17) is 9.84 Å². The van der Waals surface area contributed by atoms with Crippen molar-refractivity contribution >= 4 is 5.78 Å². The van der Waals surface area contributed by atoms with Crippen molar-refractivity contribution in [2.75, 3.05) is 6.61 Å². The molecule has 0 amide bonds. The number of hydrogen-bond acceptors (Lipinski definition) is 4. The number of hydrogen-bond donors (Lipinski definition) is 2. The number of carbonyl (C=O) groups is 1. The zero-order valence-electron chi connectivity index (χ0n) is 10.7. The Hall–Kier alpha value is -1.55. The van der Waals surface area contributed by atoms with Crippen molar-refractivity contribution in [1.29, 1.82) is 0 Å². The van der Waals surface area contributed by atoms with Crippen molar-refractivity contribution in [3.05, 3.63) is 22.8 Å². The summed E-state index contributed by atoms with van der Waals surface area (Å²) in [6.07, 6.45) is 1.41. The Bertz CT molecular complexity index is 479. The molecule has 0 aliphatic carbocycles. The van der Waals surface area contributed by atoms with Crippen molar-refractivity contribution < 1.29 is 19.7 Å². The molecule has 0 saturated heterocycles. The fourth-order valence-corrected chi connectivity index (χ4v) is 2.32. The van der Waals surface area contributed by atoms with Crippen LogP contribution < -0.4 is 4.74 Å². The molecule has 18 heavy (non-hydrogen) atoms. The highest BCUT2D eigenvalue weighted by Crippen LogP contribution is 2.38. The first kappa shape index (κ1) is 12.9. The standard InChI is InChI=1S/C14H18O4/c1-8-6-11-12(16)7-10(4-3-5-15)18-14(11)9(2)13(8)17/h6,10,15,17H,3-5,7H2,1-2H3. The summed E-state index contributed by atoms with van der Waals surface area (Å²) in [5.41, 5.74) is 1.87. The maximum absolute atomic E-state index is 12.1. The SMILES string of the molecule is Cc1cc2c(c(C)c1O)OC(CCCO)CC2=O. The summed E-state index contributed by atoms with van der Waals surface area (Å²) in [5.74, 6) is 0.729. The van der Waals surface area contributed by atoms with Gasteiger partial charge in [-0.3, -0.25) is 4.79 Å². The molecule has 1 aromatic carbocycles. The number of Topliss-reactive ketones (excluding diaryl/α,β-unsaturated/α-hetero) is 1. The summed E-state index contributed by atoms with van der Waals surface area (Å²) < 4.78 is 5.78. The number of fused-ring (bicyclic) bond motifs is 1. The van der Waals surface area contributed by atoms with Gasteiger partial charge in [0.15, 0.2) is 5.78 Å². The van der Waals surface area contributed by atoms with E-state index in [0.717, 1.165) is 0 Å². The molecule has 1 unspecified atom stereocenters. The van der Waals surface area contributed by atoms with Gasteiger partial charge in [0.2, 0.25) is 0 Å². The van der Waals surface area contributed by atoms with Gasteiger partial charge in [0.25, 0.3) is 0 Å². The van der Waals surface area contributed by atoms with Gasteiger partial charge in [-0.15, -0.1) is 0 Å². The average molecular weight is 250 g/mol. The second kappa shape index (κ2) is 4.98. The van der Waals surface area contributed by atoms with Gasteiger partial charge in [-0.2, -0.15) is 0 Å². The van der Waals surface area contributed by atoms with Gasteiger partial charge in [0.05, 0.1) is 5.56 Å². The number of benzene rings is 1. The van der Waals surface area contributed by atoms with Gasteiger partial charge in [0, 0.05) is 18.6 Å². The topological polar surface area (TPSA) is 66.8 Å². The molecule has 0 aromatic heterocycles. The third-order valence-electron chi connectivity index (χ3n) is 3.36. The molecular formula is C14H18O4. The first-order chi connectivity index (χ1) is 8.54. The van der Waals surface area contributed by atoms with Crippen molar-refractivity contribution in [3.8, 4) is 11.5 Å². The van der Waals surface area contributed by atoms with Gasteiger partial charge in [-0.1, -0.05) is 0 Å². The number of aromatic hydroxyl groups is 1. The lowest BCUT2D eigenvalue weighted by Gasteiger charge is -2.27. The highest BCUT2D eigenvalue weighted by atomic mass is 16.5. The molecule has 4 nitrogen and oxygen atoms in total. The lowest BCUT2D eigenvalue weighted by Crippen LogP contribution is -2.27. The molecule has 2 N–H and O–H groups in total. The van der Waals surface area contributed by atoms with Crippen LogP contribution in [0.5, 0.6) is 11.5 Å². The van der Waals surface area contributed by atoms with E-state index >= 15 is 0 Å². The quantitative estimate of drug-likeness (QED) is 0.862. The first-order valence-corrected chi connectivity index (χ1v) is 6.18. The van der Waals surface area contributed by atoms with Gasteiger partial charge in [0.1, 0.15) is 17.6 Å². The van der Waals surface area contributed by atoms with E-state index in [1.165, 1.54) is 0 Å². The van der Waals surface area contributed by atoms with Gasteiger partial charge < -0.3 is 14.9 Å². The van der Waals surface area contributed by atoms with Crippen molar-refractivity contribution in [1.82, 2.24) is 0 Å². The molecule has 1 aliphatic heterocycles. The highest BCUT2D eigenvalue weighted by Gasteiger charge is 2.29. The van der Waals surface area contributed by atoms with E-state index in [2.05, 4.69) is 0 Å². The number of carbonyl (C=O) groups excluding carboxylic acids is 1. The third-order valence-corrected chi connectivity index (χ3v) is 3.36. The number of rotatable bonds is 3. The summed E-state index contributed by atoms with van der Waals surface area (Å²) in [7, 11) is 0.